The number of aliphatic carboxylic acids is 1. The molecule has 74 valence electrons. The minimum Gasteiger partial charge on any atom is -0.478 e. The maximum Gasteiger partial charge on any atom is 0.361 e. The minimum atomic E-state index is -1.82. The molecule has 1 N–H and O–H groups in total. The average molecular weight is 206 g/mol. The molecule has 5 nitrogen and oxygen atoms in total. The monoisotopic (exact) mass is 206 g/mol. The summed E-state index contributed by atoms with van der Waals surface area (Å²) < 4.78 is 9.53. The average Bonchev–Trinajstić information content (AvgIpc) is 2.53. The smallest absolute Gasteiger partial charge is 0.361 e. The SMILES string of the molecule is CCOC(=O)C1(C(=O)O)OCCS1. The van der Waals surface area contributed by atoms with Crippen molar-refractivity contribution in [2.45, 2.75) is 11.9 Å². The number of carbonyl (C=O) groups excluding carboxylic acids is 1. The van der Waals surface area contributed by atoms with E-state index in [0.29, 0.717) is 5.75 Å². The normalized spacial score (nSPS) is 27.2. The molecule has 0 aliphatic carbocycles. The number of rotatable bonds is 3. The number of ether oxygens (including phenoxy) is 2. The number of carboxylic acid groups (broad SMARTS) is 1. The number of hydrogen-bond donors (Lipinski definition) is 1. The van der Waals surface area contributed by atoms with Gasteiger partial charge in [-0.25, -0.2) is 9.59 Å². The van der Waals surface area contributed by atoms with Crippen LogP contribution in [0.25, 0.3) is 0 Å². The molecule has 1 heterocycles. The van der Waals surface area contributed by atoms with Gasteiger partial charge in [-0.1, -0.05) is 0 Å². The van der Waals surface area contributed by atoms with E-state index in [1.54, 1.807) is 6.92 Å². The predicted octanol–water partition coefficient (Wildman–Crippen LogP) is 0.0938. The van der Waals surface area contributed by atoms with Crippen molar-refractivity contribution in [2.75, 3.05) is 19.0 Å². The summed E-state index contributed by atoms with van der Waals surface area (Å²) in [4.78, 5) is 20.2. The molecule has 1 aliphatic heterocycles. The lowest BCUT2D eigenvalue weighted by Gasteiger charge is -2.19. The third-order valence-electron chi connectivity index (χ3n) is 1.52. The second-order valence-corrected chi connectivity index (χ2v) is 3.61. The summed E-state index contributed by atoms with van der Waals surface area (Å²) in [6.07, 6.45) is 0. The van der Waals surface area contributed by atoms with Gasteiger partial charge in [-0.15, -0.1) is 11.8 Å². The Balaban J connectivity index is 2.78. The number of esters is 1. The number of thioether (sulfide) groups is 1. The largest absolute Gasteiger partial charge is 0.478 e. The highest BCUT2D eigenvalue weighted by atomic mass is 32.2. The van der Waals surface area contributed by atoms with E-state index in [1.165, 1.54) is 0 Å². The van der Waals surface area contributed by atoms with E-state index in [2.05, 4.69) is 4.74 Å². The van der Waals surface area contributed by atoms with Crippen LogP contribution < -0.4 is 0 Å². The zero-order valence-corrected chi connectivity index (χ0v) is 7.93. The van der Waals surface area contributed by atoms with Crippen LogP contribution in [0.4, 0.5) is 0 Å². The molecule has 1 fully saturated rings. The molecule has 0 aromatic carbocycles. The zero-order chi connectivity index (χ0) is 9.90. The number of carbonyl (C=O) groups is 2. The Morgan fingerprint density at radius 2 is 2.38 bits per heavy atom. The predicted molar refractivity (Wildman–Crippen MR) is 45.4 cm³/mol. The van der Waals surface area contributed by atoms with E-state index in [9.17, 15) is 9.59 Å². The summed E-state index contributed by atoms with van der Waals surface area (Å²) in [5.74, 6) is -1.64. The van der Waals surface area contributed by atoms with E-state index >= 15 is 0 Å². The summed E-state index contributed by atoms with van der Waals surface area (Å²) in [5.41, 5.74) is 0. The lowest BCUT2D eigenvalue weighted by molar-refractivity contribution is -0.172. The lowest BCUT2D eigenvalue weighted by Crippen LogP contribution is -2.44. The number of hydrogen-bond acceptors (Lipinski definition) is 5. The second kappa shape index (κ2) is 3.97. The molecule has 0 spiro atoms. The van der Waals surface area contributed by atoms with Gasteiger partial charge < -0.3 is 14.6 Å². The van der Waals surface area contributed by atoms with Crippen molar-refractivity contribution in [3.05, 3.63) is 0 Å². The molecule has 0 aromatic heterocycles. The van der Waals surface area contributed by atoms with Gasteiger partial charge in [-0.2, -0.15) is 0 Å². The molecule has 0 aromatic rings. The van der Waals surface area contributed by atoms with Crippen molar-refractivity contribution in [3.8, 4) is 0 Å². The fraction of sp³-hybridized carbons (Fsp3) is 0.714. The van der Waals surface area contributed by atoms with Gasteiger partial charge in [0.05, 0.1) is 13.2 Å². The van der Waals surface area contributed by atoms with Crippen LogP contribution in [0.1, 0.15) is 6.92 Å². The molecular weight excluding hydrogens is 196 g/mol. The van der Waals surface area contributed by atoms with Gasteiger partial charge in [-0.3, -0.25) is 0 Å². The van der Waals surface area contributed by atoms with Crippen LogP contribution in [0.5, 0.6) is 0 Å². The summed E-state index contributed by atoms with van der Waals surface area (Å²) in [6, 6.07) is 0. The highest BCUT2D eigenvalue weighted by Gasteiger charge is 2.53. The summed E-state index contributed by atoms with van der Waals surface area (Å²) in [6.45, 7) is 2.03. The molecular formula is C7H10O5S. The van der Waals surface area contributed by atoms with E-state index in [0.717, 1.165) is 11.8 Å². The first-order valence-electron chi connectivity index (χ1n) is 3.82. The molecule has 1 unspecified atom stereocenters. The van der Waals surface area contributed by atoms with Crippen molar-refractivity contribution < 1.29 is 24.2 Å². The Morgan fingerprint density at radius 3 is 2.77 bits per heavy atom. The van der Waals surface area contributed by atoms with Crippen molar-refractivity contribution in [1.82, 2.24) is 0 Å². The third kappa shape index (κ3) is 1.78. The second-order valence-electron chi connectivity index (χ2n) is 2.34. The summed E-state index contributed by atoms with van der Waals surface area (Å²) in [7, 11) is 0. The van der Waals surface area contributed by atoms with Gasteiger partial charge in [0.2, 0.25) is 0 Å². The highest BCUT2D eigenvalue weighted by Crippen LogP contribution is 2.34. The van der Waals surface area contributed by atoms with Gasteiger partial charge in [0.15, 0.2) is 0 Å². The van der Waals surface area contributed by atoms with E-state index in [1.807, 2.05) is 0 Å². The van der Waals surface area contributed by atoms with Gasteiger partial charge in [0.25, 0.3) is 0 Å². The van der Waals surface area contributed by atoms with Crippen LogP contribution >= 0.6 is 11.8 Å². The van der Waals surface area contributed by atoms with Crippen LogP contribution in [0, 0.1) is 0 Å². The Kier molecular flexibility index (Phi) is 3.16. The molecule has 0 amide bonds. The molecule has 6 heteroatoms. The molecule has 1 atom stereocenters. The summed E-state index contributed by atoms with van der Waals surface area (Å²) in [5, 5.41) is 8.81. The van der Waals surface area contributed by atoms with Gasteiger partial charge in [0, 0.05) is 5.75 Å². The Bertz CT molecular complexity index is 221. The standard InChI is InChI=1S/C7H10O5S/c1-2-11-6(10)7(5(8)9)12-3-4-13-7/h2-4H2,1H3,(H,8,9). The van der Waals surface area contributed by atoms with Crippen molar-refractivity contribution in [2.24, 2.45) is 0 Å². The first-order valence-corrected chi connectivity index (χ1v) is 4.80. The fourth-order valence-electron chi connectivity index (χ4n) is 0.967. The first kappa shape index (κ1) is 10.3. The molecule has 1 rings (SSSR count). The van der Waals surface area contributed by atoms with Gasteiger partial charge in [0.1, 0.15) is 0 Å². The Morgan fingerprint density at radius 1 is 1.69 bits per heavy atom. The molecule has 13 heavy (non-hydrogen) atoms. The molecule has 1 aliphatic rings. The third-order valence-corrected chi connectivity index (χ3v) is 2.76. The highest BCUT2D eigenvalue weighted by molar-refractivity contribution is 8.02. The van der Waals surface area contributed by atoms with Gasteiger partial charge in [-0.05, 0) is 6.92 Å². The minimum absolute atomic E-state index is 0.151. The fourth-order valence-corrected chi connectivity index (χ4v) is 1.89. The quantitative estimate of drug-likeness (QED) is 0.521. The molecule has 1 saturated heterocycles. The van der Waals surface area contributed by atoms with Crippen LogP contribution in [0.3, 0.4) is 0 Å². The van der Waals surface area contributed by atoms with Crippen LogP contribution in [0.15, 0.2) is 0 Å². The van der Waals surface area contributed by atoms with E-state index < -0.39 is 16.9 Å². The van der Waals surface area contributed by atoms with Crippen molar-refractivity contribution in [3.63, 3.8) is 0 Å². The van der Waals surface area contributed by atoms with E-state index in [4.69, 9.17) is 9.84 Å². The van der Waals surface area contributed by atoms with E-state index in [-0.39, 0.29) is 13.2 Å². The maximum absolute atomic E-state index is 11.3. The lowest BCUT2D eigenvalue weighted by atomic mass is 10.3. The molecule has 0 bridgehead atoms. The number of carboxylic acids is 1. The van der Waals surface area contributed by atoms with Crippen molar-refractivity contribution in [1.29, 1.82) is 0 Å². The maximum atomic E-state index is 11.3. The van der Waals surface area contributed by atoms with Gasteiger partial charge >= 0.3 is 16.9 Å². The Hall–Kier alpha value is -0.750. The van der Waals surface area contributed by atoms with Crippen LogP contribution in [-0.4, -0.2) is 40.9 Å². The zero-order valence-electron chi connectivity index (χ0n) is 7.11. The van der Waals surface area contributed by atoms with Crippen LogP contribution in [-0.2, 0) is 19.1 Å². The molecule has 0 saturated carbocycles. The molecule has 0 radical (unpaired) electrons. The summed E-state index contributed by atoms with van der Waals surface area (Å²) >= 11 is 0.950. The Labute approximate surface area is 79.4 Å². The van der Waals surface area contributed by atoms with Crippen molar-refractivity contribution >= 4 is 23.7 Å². The topological polar surface area (TPSA) is 72.8 Å². The first-order chi connectivity index (χ1) is 6.13. The van der Waals surface area contributed by atoms with Crippen LogP contribution in [0.2, 0.25) is 0 Å².